The lowest BCUT2D eigenvalue weighted by Gasteiger charge is -2.28. The average Bonchev–Trinajstić information content (AvgIpc) is 3.04. The molecular formula is C41H43N3O. The van der Waals surface area contributed by atoms with E-state index < -0.39 is 0 Å². The summed E-state index contributed by atoms with van der Waals surface area (Å²) >= 11 is 0. The number of piperidine rings is 1. The first-order valence-electron chi connectivity index (χ1n) is 16.1. The van der Waals surface area contributed by atoms with Gasteiger partial charge >= 0.3 is 0 Å². The third-order valence-electron chi connectivity index (χ3n) is 8.87. The highest BCUT2D eigenvalue weighted by atomic mass is 16.2. The normalized spacial score (nSPS) is 14.1. The first-order chi connectivity index (χ1) is 21.5. The third kappa shape index (κ3) is 6.47. The second kappa shape index (κ2) is 12.1. The van der Waals surface area contributed by atoms with E-state index in [-0.39, 0.29) is 16.7 Å². The maximum absolute atomic E-state index is 13.0. The van der Waals surface area contributed by atoms with Crippen molar-refractivity contribution in [3.05, 3.63) is 115 Å². The fourth-order valence-corrected chi connectivity index (χ4v) is 6.42. The molecular weight excluding hydrogens is 550 g/mol. The van der Waals surface area contributed by atoms with E-state index in [2.05, 4.69) is 130 Å². The van der Waals surface area contributed by atoms with Gasteiger partial charge in [0.1, 0.15) is 0 Å². The summed E-state index contributed by atoms with van der Waals surface area (Å²) < 4.78 is 0. The largest absolute Gasteiger partial charge is 0.312 e. The quantitative estimate of drug-likeness (QED) is 0.204. The van der Waals surface area contributed by atoms with Crippen molar-refractivity contribution >= 4 is 11.6 Å². The number of rotatable bonds is 5. The van der Waals surface area contributed by atoms with Crippen LogP contribution in [0.25, 0.3) is 44.5 Å². The molecule has 0 unspecified atom stereocenters. The lowest BCUT2D eigenvalue weighted by molar-refractivity contribution is -0.119. The van der Waals surface area contributed by atoms with E-state index >= 15 is 0 Å². The molecule has 6 rings (SSSR count). The van der Waals surface area contributed by atoms with E-state index in [0.717, 1.165) is 69.6 Å². The van der Waals surface area contributed by atoms with Gasteiger partial charge in [0.05, 0.1) is 0 Å². The summed E-state index contributed by atoms with van der Waals surface area (Å²) in [6.45, 7) is 14.2. The van der Waals surface area contributed by atoms with Crippen molar-refractivity contribution in [1.29, 1.82) is 0 Å². The van der Waals surface area contributed by atoms with Gasteiger partial charge in [0.2, 0.25) is 5.91 Å². The van der Waals surface area contributed by atoms with Crippen molar-refractivity contribution in [3.63, 3.8) is 0 Å². The SMILES string of the molecule is CC(C)(C)c1ccncc1-c1ccc(-c2cc(-c3ccc(-c4cnccc4C(C)(C)C)cc3)cc(N3CCCCC3=O)c2)cc1. The van der Waals surface area contributed by atoms with Crippen LogP contribution >= 0.6 is 0 Å². The van der Waals surface area contributed by atoms with Gasteiger partial charge in [0, 0.05) is 54.6 Å². The Morgan fingerprint density at radius 3 is 1.42 bits per heavy atom. The molecule has 3 aromatic carbocycles. The Morgan fingerprint density at radius 2 is 1.00 bits per heavy atom. The van der Waals surface area contributed by atoms with Crippen molar-refractivity contribution in [1.82, 2.24) is 9.97 Å². The van der Waals surface area contributed by atoms with Crippen LogP contribution in [0.5, 0.6) is 0 Å². The number of hydrogen-bond acceptors (Lipinski definition) is 3. The molecule has 2 aromatic heterocycles. The molecule has 1 aliphatic rings. The van der Waals surface area contributed by atoms with Gasteiger partial charge in [-0.05, 0) is 98.5 Å². The maximum Gasteiger partial charge on any atom is 0.226 e. The zero-order chi connectivity index (χ0) is 31.8. The van der Waals surface area contributed by atoms with E-state index in [4.69, 9.17) is 0 Å². The standard InChI is InChI=1S/C41H43N3O/c1-40(2,3)37-18-20-42-26-35(37)30-14-10-28(11-15-30)32-23-33(25-34(24-32)44-22-8-7-9-39(44)45)29-12-16-31(17-13-29)36-27-43-21-19-38(36)41(4,5)6/h10-21,23-27H,7-9,22H2,1-6H3. The zero-order valence-corrected chi connectivity index (χ0v) is 27.4. The lowest BCUT2D eigenvalue weighted by atomic mass is 9.82. The van der Waals surface area contributed by atoms with Gasteiger partial charge in [-0.1, -0.05) is 90.1 Å². The van der Waals surface area contributed by atoms with E-state index in [1.807, 2.05) is 29.7 Å². The molecule has 0 spiro atoms. The average molecular weight is 594 g/mol. The summed E-state index contributed by atoms with van der Waals surface area (Å²) in [6.07, 6.45) is 10.3. The van der Waals surface area contributed by atoms with Crippen LogP contribution < -0.4 is 4.90 Å². The van der Waals surface area contributed by atoms with Gasteiger partial charge in [-0.2, -0.15) is 0 Å². The van der Waals surface area contributed by atoms with Crippen LogP contribution in [0.15, 0.2) is 104 Å². The Hall–Kier alpha value is -4.57. The predicted octanol–water partition coefficient (Wildman–Crippen LogP) is 10.3. The highest BCUT2D eigenvalue weighted by Crippen LogP contribution is 2.38. The number of carbonyl (C=O) groups is 1. The summed E-state index contributed by atoms with van der Waals surface area (Å²) in [7, 11) is 0. The van der Waals surface area contributed by atoms with Crippen LogP contribution in [0.3, 0.4) is 0 Å². The molecule has 1 aliphatic heterocycles. The van der Waals surface area contributed by atoms with E-state index in [0.29, 0.717) is 6.42 Å². The van der Waals surface area contributed by atoms with Gasteiger partial charge in [-0.25, -0.2) is 0 Å². The van der Waals surface area contributed by atoms with E-state index in [1.54, 1.807) is 0 Å². The van der Waals surface area contributed by atoms with Crippen molar-refractivity contribution in [2.45, 2.75) is 71.6 Å². The highest BCUT2D eigenvalue weighted by molar-refractivity contribution is 5.96. The number of anilines is 1. The third-order valence-corrected chi connectivity index (χ3v) is 8.87. The minimum Gasteiger partial charge on any atom is -0.312 e. The molecule has 228 valence electrons. The number of nitrogens with zero attached hydrogens (tertiary/aromatic N) is 3. The number of aromatic nitrogens is 2. The molecule has 4 nitrogen and oxygen atoms in total. The molecule has 45 heavy (non-hydrogen) atoms. The molecule has 0 N–H and O–H groups in total. The first-order valence-corrected chi connectivity index (χ1v) is 16.1. The second-order valence-electron chi connectivity index (χ2n) is 14.3. The van der Waals surface area contributed by atoms with Crippen molar-refractivity contribution in [2.24, 2.45) is 0 Å². The van der Waals surface area contributed by atoms with Crippen LogP contribution in [0, 0.1) is 0 Å². The number of hydrogen-bond donors (Lipinski definition) is 0. The summed E-state index contributed by atoms with van der Waals surface area (Å²) in [5, 5.41) is 0. The Bertz CT molecular complexity index is 1700. The Morgan fingerprint density at radius 1 is 0.556 bits per heavy atom. The molecule has 0 aliphatic carbocycles. The molecule has 3 heterocycles. The molecule has 5 aromatic rings. The predicted molar refractivity (Wildman–Crippen MR) is 187 cm³/mol. The molecule has 0 atom stereocenters. The molecule has 0 saturated carbocycles. The Balaban J connectivity index is 1.40. The van der Waals surface area contributed by atoms with Gasteiger partial charge < -0.3 is 4.90 Å². The van der Waals surface area contributed by atoms with Gasteiger partial charge in [-0.3, -0.25) is 14.8 Å². The van der Waals surface area contributed by atoms with Crippen molar-refractivity contribution < 1.29 is 4.79 Å². The van der Waals surface area contributed by atoms with Crippen LogP contribution in [-0.2, 0) is 15.6 Å². The smallest absolute Gasteiger partial charge is 0.226 e. The van der Waals surface area contributed by atoms with Crippen LogP contribution in [-0.4, -0.2) is 22.4 Å². The molecule has 1 amide bonds. The lowest BCUT2D eigenvalue weighted by Crippen LogP contribution is -2.35. The van der Waals surface area contributed by atoms with Gasteiger partial charge in [0.15, 0.2) is 0 Å². The molecule has 0 bridgehead atoms. The van der Waals surface area contributed by atoms with Gasteiger partial charge in [0.25, 0.3) is 0 Å². The topological polar surface area (TPSA) is 46.1 Å². The van der Waals surface area contributed by atoms with Crippen LogP contribution in [0.1, 0.15) is 71.9 Å². The number of pyridine rings is 2. The maximum atomic E-state index is 13.0. The highest BCUT2D eigenvalue weighted by Gasteiger charge is 2.22. The second-order valence-corrected chi connectivity index (χ2v) is 14.3. The molecule has 0 radical (unpaired) electrons. The number of carbonyl (C=O) groups excluding carboxylic acids is 1. The Kier molecular flexibility index (Phi) is 8.18. The summed E-state index contributed by atoms with van der Waals surface area (Å²) in [5.41, 5.74) is 12.6. The molecule has 1 fully saturated rings. The first kappa shape index (κ1) is 30.5. The number of benzene rings is 3. The van der Waals surface area contributed by atoms with E-state index in [9.17, 15) is 4.79 Å². The van der Waals surface area contributed by atoms with E-state index in [1.165, 1.54) is 11.1 Å². The van der Waals surface area contributed by atoms with Crippen molar-refractivity contribution in [2.75, 3.05) is 11.4 Å². The minimum atomic E-state index is 0.0159. The fraction of sp³-hybridized carbons (Fsp3) is 0.293. The number of amides is 1. The van der Waals surface area contributed by atoms with Gasteiger partial charge in [-0.15, -0.1) is 0 Å². The summed E-state index contributed by atoms with van der Waals surface area (Å²) in [6, 6.07) is 28.4. The summed E-state index contributed by atoms with van der Waals surface area (Å²) in [5.74, 6) is 0.202. The molecule has 1 saturated heterocycles. The Labute approximate surface area is 268 Å². The monoisotopic (exact) mass is 593 g/mol. The summed E-state index contributed by atoms with van der Waals surface area (Å²) in [4.78, 5) is 23.9. The minimum absolute atomic E-state index is 0.0159. The van der Waals surface area contributed by atoms with Crippen LogP contribution in [0.2, 0.25) is 0 Å². The molecule has 4 heteroatoms. The zero-order valence-electron chi connectivity index (χ0n) is 27.4. The van der Waals surface area contributed by atoms with Crippen molar-refractivity contribution in [3.8, 4) is 44.5 Å². The van der Waals surface area contributed by atoms with Crippen LogP contribution in [0.4, 0.5) is 5.69 Å². The fourth-order valence-electron chi connectivity index (χ4n) is 6.42.